The van der Waals surface area contributed by atoms with Gasteiger partial charge >= 0.3 is 47.5 Å². The van der Waals surface area contributed by atoms with Crippen molar-refractivity contribution in [2.75, 3.05) is 46.1 Å². The molecule has 3 amide bonds. The zero-order valence-electron chi connectivity index (χ0n) is 46.9. The molecule has 78 heavy (non-hydrogen) atoms. The summed E-state index contributed by atoms with van der Waals surface area (Å²) in [6.07, 6.45) is 0. The molecule has 21 heteroatoms. The predicted octanol–water partition coefficient (Wildman–Crippen LogP) is 7.36. The van der Waals surface area contributed by atoms with Crippen molar-refractivity contribution in [1.29, 1.82) is 0 Å². The number of anilines is 1. The number of halogens is 1. The Morgan fingerprint density at radius 3 is 0.974 bits per heavy atom. The molecule has 3 N–H and O–H groups in total. The molecule has 0 saturated carbocycles. The fraction of sp³-hybridized carbons (Fsp3) is 0.263. The standard InChI is InChI=1S/C19H20N2O5.C19H22N2O3.C18H18N2O5.CH3I.Na.H/c1-19(2,18(23)26-4)20(3)17(22)15-7-5-13(6-8-15)14-9-11-16(12-10-14)21(24)25;1-19(2,18(23)24-4)21(3)17(22)15-7-5-13(6-8-15)14-9-11-16(20)12-10-14;1-18(2,17(22)25-3)19-16(21)14-6-4-12(5-7-14)13-8-10-15(11-9-13)20(23)24;1-2;;/h5-12H,1-4H3;5-12H,20H2,1-4H3;4-11H,1-3H3,(H,19,21);1H3;;/q;;;;+1;-1. The molecule has 0 unspecified atom stereocenters. The maximum atomic E-state index is 12.6. The van der Waals surface area contributed by atoms with E-state index >= 15 is 0 Å². The largest absolute Gasteiger partial charge is 1.00 e. The minimum absolute atomic E-state index is 0. The van der Waals surface area contributed by atoms with E-state index in [1.54, 1.807) is 141 Å². The van der Waals surface area contributed by atoms with Crippen LogP contribution in [0.2, 0.25) is 0 Å². The van der Waals surface area contributed by atoms with Crippen molar-refractivity contribution in [3.63, 3.8) is 0 Å². The van der Waals surface area contributed by atoms with E-state index < -0.39 is 50.3 Å². The van der Waals surface area contributed by atoms with Gasteiger partial charge in [0.05, 0.1) is 31.2 Å². The van der Waals surface area contributed by atoms with Gasteiger partial charge in [-0.3, -0.25) is 34.6 Å². The minimum atomic E-state index is -1.14. The summed E-state index contributed by atoms with van der Waals surface area (Å²) in [5.74, 6) is -2.45. The first-order chi connectivity index (χ1) is 36.2. The van der Waals surface area contributed by atoms with Crippen molar-refractivity contribution in [2.24, 2.45) is 0 Å². The van der Waals surface area contributed by atoms with E-state index in [-0.39, 0.29) is 54.2 Å². The van der Waals surface area contributed by atoms with Gasteiger partial charge in [0, 0.05) is 60.7 Å². The van der Waals surface area contributed by atoms with Crippen molar-refractivity contribution >= 4 is 75.3 Å². The third-order valence-electron chi connectivity index (χ3n) is 12.3. The minimum Gasteiger partial charge on any atom is -1.00 e. The van der Waals surface area contributed by atoms with Crippen LogP contribution in [0.15, 0.2) is 146 Å². The van der Waals surface area contributed by atoms with Crippen LogP contribution in [0, 0.1) is 20.2 Å². The number of nitrogens with two attached hydrogens (primary N) is 1. The van der Waals surface area contributed by atoms with Gasteiger partial charge in [0.2, 0.25) is 0 Å². The maximum Gasteiger partial charge on any atom is 1.00 e. The van der Waals surface area contributed by atoms with Crippen molar-refractivity contribution in [1.82, 2.24) is 15.1 Å². The first kappa shape index (κ1) is 66.6. The molecule has 0 aliphatic carbocycles. The average molecular weight is 1190 g/mol. The number of rotatable bonds is 14. The van der Waals surface area contributed by atoms with Crippen LogP contribution in [0.25, 0.3) is 33.4 Å². The Kier molecular flexibility index (Phi) is 25.5. The molecular formula is C57H64IN6NaO13. The van der Waals surface area contributed by atoms with Gasteiger partial charge in [0.1, 0.15) is 16.6 Å². The van der Waals surface area contributed by atoms with Gasteiger partial charge in [-0.05, 0) is 153 Å². The van der Waals surface area contributed by atoms with E-state index in [0.717, 1.165) is 33.4 Å². The Hall–Kier alpha value is -7.53. The summed E-state index contributed by atoms with van der Waals surface area (Å²) >= 11 is 2.15. The van der Waals surface area contributed by atoms with Crippen LogP contribution in [-0.4, -0.2) is 112 Å². The topological polar surface area (TPSA) is 261 Å². The van der Waals surface area contributed by atoms with E-state index in [1.807, 2.05) is 41.3 Å². The Labute approximate surface area is 491 Å². The first-order valence-electron chi connectivity index (χ1n) is 23.4. The first-order valence-corrected chi connectivity index (χ1v) is 25.5. The number of carbonyl (C=O) groups excluding carboxylic acids is 6. The quantitative estimate of drug-likeness (QED) is 0.0158. The van der Waals surface area contributed by atoms with Crippen molar-refractivity contribution in [2.45, 2.75) is 58.2 Å². The molecule has 0 heterocycles. The van der Waals surface area contributed by atoms with E-state index in [1.165, 1.54) is 55.4 Å². The number of amides is 3. The predicted molar refractivity (Wildman–Crippen MR) is 304 cm³/mol. The molecule has 0 atom stereocenters. The van der Waals surface area contributed by atoms with Gasteiger partial charge in [-0.15, -0.1) is 0 Å². The molecule has 19 nitrogen and oxygen atoms in total. The number of hydrogen-bond acceptors (Lipinski definition) is 14. The summed E-state index contributed by atoms with van der Waals surface area (Å²) in [5.41, 5.74) is 9.74. The van der Waals surface area contributed by atoms with Crippen LogP contribution < -0.4 is 40.6 Å². The number of ether oxygens (including phenoxy) is 3. The Bertz CT molecular complexity index is 3030. The molecule has 0 radical (unpaired) electrons. The summed E-state index contributed by atoms with van der Waals surface area (Å²) in [6, 6.07) is 40.6. The number of likely N-dealkylation sites (N-methyl/N-ethyl adjacent to an activating group) is 2. The number of hydrogen-bond donors (Lipinski definition) is 2. The summed E-state index contributed by atoms with van der Waals surface area (Å²) in [7, 11) is 6.98. The number of non-ortho nitro benzene ring substituents is 2. The van der Waals surface area contributed by atoms with Gasteiger partial charge in [-0.1, -0.05) is 71.1 Å². The summed E-state index contributed by atoms with van der Waals surface area (Å²) in [5, 5.41) is 24.0. The number of alkyl halides is 1. The number of benzene rings is 6. The molecular weight excluding hydrogens is 1130 g/mol. The number of nitrogen functional groups attached to an aromatic ring is 1. The Morgan fingerprint density at radius 1 is 0.474 bits per heavy atom. The molecule has 408 valence electrons. The van der Waals surface area contributed by atoms with E-state index in [2.05, 4.69) is 32.6 Å². The molecule has 0 aromatic heterocycles. The van der Waals surface area contributed by atoms with Crippen molar-refractivity contribution < 1.29 is 83.8 Å². The molecule has 0 fully saturated rings. The molecule has 0 spiro atoms. The number of nitro groups is 2. The van der Waals surface area contributed by atoms with E-state index in [0.29, 0.717) is 22.4 Å². The molecule has 6 aromatic carbocycles. The average Bonchev–Trinajstić information content (AvgIpc) is 3.44. The van der Waals surface area contributed by atoms with Gasteiger partial charge < -0.3 is 36.5 Å². The van der Waals surface area contributed by atoms with Gasteiger partial charge in [0.25, 0.3) is 29.1 Å². The maximum absolute atomic E-state index is 12.6. The number of nitrogens with one attached hydrogen (secondary N) is 1. The van der Waals surface area contributed by atoms with Gasteiger partial charge in [0.15, 0.2) is 0 Å². The molecule has 6 rings (SSSR count). The Morgan fingerprint density at radius 2 is 0.718 bits per heavy atom. The van der Waals surface area contributed by atoms with Crippen LogP contribution in [-0.2, 0) is 28.6 Å². The molecule has 0 saturated heterocycles. The SMILES string of the molecule is CI.COC(=O)C(C)(C)N(C)C(=O)c1ccc(-c2ccc(N)cc2)cc1.COC(=O)C(C)(C)N(C)C(=O)c1ccc(-c2ccc([N+](=O)[O-])cc2)cc1.COC(=O)C(C)(C)NC(=O)c1ccc(-c2ccc([N+](=O)[O-])cc2)cc1.[H-].[Na+]. The van der Waals surface area contributed by atoms with Crippen LogP contribution in [0.3, 0.4) is 0 Å². The normalized spacial score (nSPS) is 10.6. The smallest absolute Gasteiger partial charge is 1.00 e. The molecule has 0 bridgehead atoms. The second-order valence-electron chi connectivity index (χ2n) is 18.4. The van der Waals surface area contributed by atoms with E-state index in [9.17, 15) is 49.0 Å². The van der Waals surface area contributed by atoms with Crippen LogP contribution >= 0.6 is 22.6 Å². The summed E-state index contributed by atoms with van der Waals surface area (Å²) in [6.45, 7) is 9.65. The zero-order chi connectivity index (χ0) is 58.0. The van der Waals surface area contributed by atoms with Crippen molar-refractivity contribution in [3.05, 3.63) is 183 Å². The third-order valence-corrected chi connectivity index (χ3v) is 12.3. The number of nitrogens with zero attached hydrogens (tertiary/aromatic N) is 4. The molecule has 0 aliphatic rings. The second kappa shape index (κ2) is 29.8. The molecule has 0 aliphatic heterocycles. The number of esters is 3. The van der Waals surface area contributed by atoms with Crippen LogP contribution in [0.5, 0.6) is 0 Å². The molecule has 6 aromatic rings. The monoisotopic (exact) mass is 1190 g/mol. The van der Waals surface area contributed by atoms with Gasteiger partial charge in [-0.25, -0.2) is 14.4 Å². The van der Waals surface area contributed by atoms with E-state index in [4.69, 9.17) is 15.2 Å². The number of carbonyl (C=O) groups is 6. The fourth-order valence-electron chi connectivity index (χ4n) is 6.98. The van der Waals surface area contributed by atoms with Crippen molar-refractivity contribution in [3.8, 4) is 33.4 Å². The summed E-state index contributed by atoms with van der Waals surface area (Å²) < 4.78 is 14.2. The number of nitro benzene ring substituents is 2. The zero-order valence-corrected chi connectivity index (χ0v) is 50.1. The summed E-state index contributed by atoms with van der Waals surface area (Å²) in [4.78, 5) is 98.0. The third kappa shape index (κ3) is 17.5. The fourth-order valence-corrected chi connectivity index (χ4v) is 6.98. The second-order valence-corrected chi connectivity index (χ2v) is 18.4. The number of methoxy groups -OCH3 is 3. The van der Waals surface area contributed by atoms with Gasteiger partial charge in [-0.2, -0.15) is 0 Å². The Balaban J connectivity index is 0.000000576. The van der Waals surface area contributed by atoms with Crippen LogP contribution in [0.1, 0.15) is 74.0 Å². The van der Waals surface area contributed by atoms with Crippen LogP contribution in [0.4, 0.5) is 17.1 Å².